The summed E-state index contributed by atoms with van der Waals surface area (Å²) in [5.74, 6) is 0.177. The number of H-pyrrole nitrogens is 2. The molecule has 3 aromatic heterocycles. The molecule has 0 aliphatic rings. The fourth-order valence-electron chi connectivity index (χ4n) is 1.90. The van der Waals surface area contributed by atoms with Gasteiger partial charge in [0.2, 0.25) is 0 Å². The van der Waals surface area contributed by atoms with E-state index in [2.05, 4.69) is 32.5 Å². The van der Waals surface area contributed by atoms with Crippen LogP contribution in [0.4, 0.5) is 0 Å². The van der Waals surface area contributed by atoms with Gasteiger partial charge in [0.15, 0.2) is 0 Å². The Labute approximate surface area is 97.2 Å². The van der Waals surface area contributed by atoms with E-state index in [0.29, 0.717) is 0 Å². The standard InChI is InChI=1S/C12H11N3S/c1-3-9(13-5-1)12(10-4-2-6-14-10)11-7-16-8-15-11/h1-8,12-14H. The Kier molecular flexibility index (Phi) is 2.34. The first-order valence-electron chi connectivity index (χ1n) is 5.10. The summed E-state index contributed by atoms with van der Waals surface area (Å²) in [6, 6.07) is 8.20. The highest BCUT2D eigenvalue weighted by atomic mass is 32.1. The lowest BCUT2D eigenvalue weighted by Crippen LogP contribution is -2.04. The predicted octanol–water partition coefficient (Wildman–Crippen LogP) is 2.98. The van der Waals surface area contributed by atoms with E-state index in [1.54, 1.807) is 11.3 Å². The van der Waals surface area contributed by atoms with Crippen LogP contribution in [0.5, 0.6) is 0 Å². The van der Waals surface area contributed by atoms with Gasteiger partial charge in [0.1, 0.15) is 0 Å². The van der Waals surface area contributed by atoms with Gasteiger partial charge in [0.05, 0.1) is 17.1 Å². The summed E-state index contributed by atoms with van der Waals surface area (Å²) in [7, 11) is 0. The molecule has 2 N–H and O–H groups in total. The van der Waals surface area contributed by atoms with Crippen LogP contribution in [0.2, 0.25) is 0 Å². The number of nitrogens with zero attached hydrogens (tertiary/aromatic N) is 1. The first kappa shape index (κ1) is 9.42. The summed E-state index contributed by atoms with van der Waals surface area (Å²) in [6.07, 6.45) is 3.88. The van der Waals surface area contributed by atoms with E-state index in [-0.39, 0.29) is 5.92 Å². The third-order valence-electron chi connectivity index (χ3n) is 2.61. The average molecular weight is 229 g/mol. The van der Waals surface area contributed by atoms with Crippen LogP contribution in [0.25, 0.3) is 0 Å². The number of aromatic nitrogens is 3. The molecule has 0 aromatic carbocycles. The molecule has 0 spiro atoms. The third kappa shape index (κ3) is 1.57. The van der Waals surface area contributed by atoms with Crippen molar-refractivity contribution in [3.63, 3.8) is 0 Å². The Hall–Kier alpha value is -1.81. The second-order valence-electron chi connectivity index (χ2n) is 3.60. The molecule has 16 heavy (non-hydrogen) atoms. The van der Waals surface area contributed by atoms with Crippen LogP contribution < -0.4 is 0 Å². The van der Waals surface area contributed by atoms with Gasteiger partial charge in [-0.1, -0.05) is 0 Å². The molecule has 0 unspecified atom stereocenters. The fraction of sp³-hybridized carbons (Fsp3) is 0.0833. The van der Waals surface area contributed by atoms with Crippen LogP contribution in [0, 0.1) is 0 Å². The van der Waals surface area contributed by atoms with Crippen LogP contribution in [0.3, 0.4) is 0 Å². The second-order valence-corrected chi connectivity index (χ2v) is 4.32. The van der Waals surface area contributed by atoms with Crippen molar-refractivity contribution in [3.8, 4) is 0 Å². The van der Waals surface area contributed by atoms with Crippen molar-refractivity contribution in [2.24, 2.45) is 0 Å². The molecule has 3 nitrogen and oxygen atoms in total. The number of hydrogen-bond acceptors (Lipinski definition) is 2. The molecule has 0 aliphatic heterocycles. The van der Waals surface area contributed by atoms with Gasteiger partial charge < -0.3 is 9.97 Å². The fourth-order valence-corrected chi connectivity index (χ4v) is 2.48. The number of nitrogens with one attached hydrogen (secondary N) is 2. The Balaban J connectivity index is 2.09. The molecule has 0 fully saturated rings. The first-order chi connectivity index (χ1) is 7.95. The highest BCUT2D eigenvalue weighted by Gasteiger charge is 2.19. The smallest absolute Gasteiger partial charge is 0.0822 e. The van der Waals surface area contributed by atoms with Gasteiger partial charge in [0.25, 0.3) is 0 Å². The molecule has 0 atom stereocenters. The summed E-state index contributed by atoms with van der Waals surface area (Å²) in [6.45, 7) is 0. The summed E-state index contributed by atoms with van der Waals surface area (Å²) >= 11 is 1.62. The van der Waals surface area contributed by atoms with Gasteiger partial charge in [-0.15, -0.1) is 11.3 Å². The van der Waals surface area contributed by atoms with E-state index in [0.717, 1.165) is 17.1 Å². The van der Waals surface area contributed by atoms with E-state index in [9.17, 15) is 0 Å². The van der Waals surface area contributed by atoms with Crippen molar-refractivity contribution in [3.05, 3.63) is 64.6 Å². The normalized spacial score (nSPS) is 11.1. The second kappa shape index (κ2) is 3.98. The van der Waals surface area contributed by atoms with Crippen LogP contribution in [0.1, 0.15) is 23.0 Å². The van der Waals surface area contributed by atoms with Gasteiger partial charge in [-0.05, 0) is 24.3 Å². The van der Waals surface area contributed by atoms with Crippen molar-refractivity contribution in [1.29, 1.82) is 0 Å². The van der Waals surface area contributed by atoms with Gasteiger partial charge >= 0.3 is 0 Å². The SMILES string of the molecule is c1c[nH]c(C(c2cscn2)c2ccc[nH]2)c1. The number of aromatic amines is 2. The molecular formula is C12H11N3S. The molecule has 0 amide bonds. The molecule has 0 saturated carbocycles. The molecule has 80 valence electrons. The maximum absolute atomic E-state index is 4.41. The average Bonchev–Trinajstić information content (AvgIpc) is 3.02. The number of hydrogen-bond donors (Lipinski definition) is 2. The molecule has 0 radical (unpaired) electrons. The maximum atomic E-state index is 4.41. The van der Waals surface area contributed by atoms with E-state index < -0.39 is 0 Å². The zero-order chi connectivity index (χ0) is 10.8. The zero-order valence-electron chi connectivity index (χ0n) is 8.55. The lowest BCUT2D eigenvalue weighted by molar-refractivity contribution is 0.867. The van der Waals surface area contributed by atoms with E-state index >= 15 is 0 Å². The van der Waals surface area contributed by atoms with Crippen LogP contribution in [-0.2, 0) is 0 Å². The highest BCUT2D eigenvalue weighted by molar-refractivity contribution is 7.07. The lowest BCUT2D eigenvalue weighted by atomic mass is 9.99. The van der Waals surface area contributed by atoms with Crippen molar-refractivity contribution in [1.82, 2.24) is 15.0 Å². The van der Waals surface area contributed by atoms with Crippen molar-refractivity contribution in [2.75, 3.05) is 0 Å². The van der Waals surface area contributed by atoms with E-state index in [1.165, 1.54) is 0 Å². The maximum Gasteiger partial charge on any atom is 0.0822 e. The Morgan fingerprint density at radius 3 is 2.19 bits per heavy atom. The molecule has 0 aliphatic carbocycles. The Morgan fingerprint density at radius 2 is 1.75 bits per heavy atom. The molecule has 0 bridgehead atoms. The minimum absolute atomic E-state index is 0.177. The van der Waals surface area contributed by atoms with E-state index in [1.807, 2.05) is 30.0 Å². The molecule has 3 heterocycles. The molecule has 3 aromatic rings. The first-order valence-corrected chi connectivity index (χ1v) is 6.04. The van der Waals surface area contributed by atoms with Crippen LogP contribution in [0.15, 0.2) is 47.5 Å². The lowest BCUT2D eigenvalue weighted by Gasteiger charge is -2.11. The topological polar surface area (TPSA) is 44.5 Å². The summed E-state index contributed by atoms with van der Waals surface area (Å²) in [5, 5.41) is 2.09. The summed E-state index contributed by atoms with van der Waals surface area (Å²) < 4.78 is 0. The largest absolute Gasteiger partial charge is 0.364 e. The van der Waals surface area contributed by atoms with Gasteiger partial charge in [-0.25, -0.2) is 4.98 Å². The Bertz CT molecular complexity index is 441. The Morgan fingerprint density at radius 1 is 1.06 bits per heavy atom. The number of rotatable bonds is 3. The minimum Gasteiger partial charge on any atom is -0.364 e. The van der Waals surface area contributed by atoms with E-state index in [4.69, 9.17) is 0 Å². The van der Waals surface area contributed by atoms with Gasteiger partial charge in [-0.3, -0.25) is 0 Å². The van der Waals surface area contributed by atoms with Crippen molar-refractivity contribution < 1.29 is 0 Å². The van der Waals surface area contributed by atoms with Gasteiger partial charge in [-0.2, -0.15) is 0 Å². The zero-order valence-corrected chi connectivity index (χ0v) is 9.37. The van der Waals surface area contributed by atoms with Crippen LogP contribution in [-0.4, -0.2) is 15.0 Å². The highest BCUT2D eigenvalue weighted by Crippen LogP contribution is 2.29. The van der Waals surface area contributed by atoms with Crippen molar-refractivity contribution >= 4 is 11.3 Å². The summed E-state index contributed by atoms with van der Waals surface area (Å²) in [4.78, 5) is 10.9. The molecular weight excluding hydrogens is 218 g/mol. The minimum atomic E-state index is 0.177. The van der Waals surface area contributed by atoms with Gasteiger partial charge in [0, 0.05) is 29.2 Å². The van der Waals surface area contributed by atoms with Crippen LogP contribution >= 0.6 is 11.3 Å². The monoisotopic (exact) mass is 229 g/mol. The summed E-state index contributed by atoms with van der Waals surface area (Å²) in [5.41, 5.74) is 5.27. The quantitative estimate of drug-likeness (QED) is 0.712. The molecule has 3 rings (SSSR count). The number of thiazole rings is 1. The van der Waals surface area contributed by atoms with Crippen molar-refractivity contribution in [2.45, 2.75) is 5.92 Å². The molecule has 0 saturated heterocycles. The third-order valence-corrected chi connectivity index (χ3v) is 3.22. The predicted molar refractivity (Wildman–Crippen MR) is 64.6 cm³/mol. The molecule has 4 heteroatoms.